The minimum atomic E-state index is -0.228. The molecule has 1 heterocycles. The lowest BCUT2D eigenvalue weighted by molar-refractivity contribution is 0.652. The normalized spacial score (nSPS) is 15.0. The van der Waals surface area contributed by atoms with Crippen molar-refractivity contribution in [3.63, 3.8) is 0 Å². The number of nitrogens with zero attached hydrogens (tertiary/aromatic N) is 1. The van der Waals surface area contributed by atoms with Gasteiger partial charge in [0, 0.05) is 44.1 Å². The second-order valence-corrected chi connectivity index (χ2v) is 21.7. The number of rotatable bonds is 6. The van der Waals surface area contributed by atoms with E-state index in [2.05, 4.69) is 253 Å². The van der Waals surface area contributed by atoms with E-state index in [-0.39, 0.29) is 16.2 Å². The van der Waals surface area contributed by atoms with Crippen LogP contribution in [0.3, 0.4) is 0 Å². The Labute approximate surface area is 416 Å². The molecule has 0 bridgehead atoms. The molecule has 3 aliphatic carbocycles. The molecule has 3 aliphatic rings. The van der Waals surface area contributed by atoms with Crippen LogP contribution < -0.4 is 4.90 Å². The number of fused-ring (bicyclic) bond motifs is 12. The molecule has 0 spiro atoms. The number of furan rings is 1. The van der Waals surface area contributed by atoms with Crippen LogP contribution in [0.1, 0.15) is 74.9 Å². The average Bonchev–Trinajstić information content (AvgIpc) is 4.04. The van der Waals surface area contributed by atoms with Crippen molar-refractivity contribution in [2.24, 2.45) is 0 Å². The van der Waals surface area contributed by atoms with Gasteiger partial charge in [-0.1, -0.05) is 181 Å². The van der Waals surface area contributed by atoms with E-state index in [0.717, 1.165) is 39.0 Å². The van der Waals surface area contributed by atoms with Crippen molar-refractivity contribution in [1.82, 2.24) is 0 Å². The van der Waals surface area contributed by atoms with E-state index in [0.29, 0.717) is 0 Å². The summed E-state index contributed by atoms with van der Waals surface area (Å²) in [5, 5.41) is 2.32. The van der Waals surface area contributed by atoms with Gasteiger partial charge in [-0.15, -0.1) is 0 Å². The van der Waals surface area contributed by atoms with Crippen LogP contribution in [-0.4, -0.2) is 0 Å². The van der Waals surface area contributed by atoms with Gasteiger partial charge in [0.25, 0.3) is 0 Å². The highest BCUT2D eigenvalue weighted by Crippen LogP contribution is 2.58. The highest BCUT2D eigenvalue weighted by molar-refractivity contribution is 6.06. The lowest BCUT2D eigenvalue weighted by Gasteiger charge is -2.30. The molecule has 0 radical (unpaired) electrons. The summed E-state index contributed by atoms with van der Waals surface area (Å²) in [6, 6.07) is 79.2. The SMILES string of the molecule is CC1(C)c2ccccc2-c2ccc(N(c3ccc(-c4ccc(-c5ccccc5)cc4)cc3)c3ccc4c(c3)C(C)(C)c3cc5c(cc3-4)C(C)(C)c3cc(-c4ccc6oc7ccccc7c6c4)ccc3-5)cc21. The van der Waals surface area contributed by atoms with Gasteiger partial charge in [-0.25, -0.2) is 0 Å². The van der Waals surface area contributed by atoms with E-state index in [4.69, 9.17) is 4.42 Å². The lowest BCUT2D eigenvalue weighted by Crippen LogP contribution is -2.18. The molecule has 0 unspecified atom stereocenters. The smallest absolute Gasteiger partial charge is 0.135 e. The van der Waals surface area contributed by atoms with Gasteiger partial charge < -0.3 is 9.32 Å². The van der Waals surface area contributed by atoms with Gasteiger partial charge in [-0.2, -0.15) is 0 Å². The summed E-state index contributed by atoms with van der Waals surface area (Å²) < 4.78 is 6.19. The topological polar surface area (TPSA) is 16.4 Å². The highest BCUT2D eigenvalue weighted by Gasteiger charge is 2.42. The zero-order chi connectivity index (χ0) is 48.0. The highest BCUT2D eigenvalue weighted by atomic mass is 16.3. The van der Waals surface area contributed by atoms with Crippen LogP contribution in [0.25, 0.3) is 88.7 Å². The van der Waals surface area contributed by atoms with Crippen molar-refractivity contribution in [2.45, 2.75) is 57.8 Å². The molecule has 2 nitrogen and oxygen atoms in total. The third-order valence-electron chi connectivity index (χ3n) is 16.7. The van der Waals surface area contributed by atoms with E-state index in [1.807, 2.05) is 6.07 Å². The molecule has 340 valence electrons. The van der Waals surface area contributed by atoms with Crippen LogP contribution in [0.15, 0.2) is 217 Å². The lowest BCUT2D eigenvalue weighted by atomic mass is 9.79. The third-order valence-corrected chi connectivity index (χ3v) is 16.7. The first-order chi connectivity index (χ1) is 34.4. The van der Waals surface area contributed by atoms with Gasteiger partial charge >= 0.3 is 0 Å². The zero-order valence-electron chi connectivity index (χ0n) is 41.1. The van der Waals surface area contributed by atoms with E-state index >= 15 is 0 Å². The Kier molecular flexibility index (Phi) is 8.76. The zero-order valence-corrected chi connectivity index (χ0v) is 41.1. The average molecular weight is 912 g/mol. The number of hydrogen-bond donors (Lipinski definition) is 0. The fourth-order valence-corrected chi connectivity index (χ4v) is 12.7. The molecule has 1 aromatic heterocycles. The van der Waals surface area contributed by atoms with Crippen LogP contribution in [0.2, 0.25) is 0 Å². The van der Waals surface area contributed by atoms with Gasteiger partial charge in [0.05, 0.1) is 0 Å². The second-order valence-electron chi connectivity index (χ2n) is 21.7. The van der Waals surface area contributed by atoms with Gasteiger partial charge in [-0.3, -0.25) is 0 Å². The molecule has 0 saturated carbocycles. The minimum absolute atomic E-state index is 0.122. The van der Waals surface area contributed by atoms with Gasteiger partial charge in [0.2, 0.25) is 0 Å². The van der Waals surface area contributed by atoms with Crippen LogP contribution in [-0.2, 0) is 16.2 Å². The molecule has 0 atom stereocenters. The standard InChI is InChI=1S/C69H53NO/c1-67(2)59-18-12-10-16-51(59)52-33-30-49(38-61(52)67)70(48-28-24-45(25-29-48)44-22-20-43(21-23-44)42-14-8-7-9-15-42)50-31-34-54-57-41-63-56(40-64(57)69(5,6)62(54)39-50)53-32-26-47(37-60(53)68(63,3)4)46-27-35-66-58(36-46)55-17-11-13-19-65(55)71-66/h7-41H,1-6H3. The summed E-state index contributed by atoms with van der Waals surface area (Å²) in [5.41, 5.74) is 28.4. The molecule has 0 aliphatic heterocycles. The third kappa shape index (κ3) is 6.13. The molecule has 0 fully saturated rings. The molecule has 71 heavy (non-hydrogen) atoms. The van der Waals surface area contributed by atoms with E-state index < -0.39 is 0 Å². The van der Waals surface area contributed by atoms with Crippen molar-refractivity contribution in [1.29, 1.82) is 0 Å². The molecular weight excluding hydrogens is 859 g/mol. The van der Waals surface area contributed by atoms with Crippen LogP contribution >= 0.6 is 0 Å². The molecular formula is C69H53NO. The van der Waals surface area contributed by atoms with Crippen molar-refractivity contribution in [3.8, 4) is 66.8 Å². The Hall–Kier alpha value is -8.20. The molecule has 0 N–H and O–H groups in total. The van der Waals surface area contributed by atoms with Crippen LogP contribution in [0.5, 0.6) is 0 Å². The summed E-state index contributed by atoms with van der Waals surface area (Å²) >= 11 is 0. The first-order valence-electron chi connectivity index (χ1n) is 25.1. The Morgan fingerprint density at radius 2 is 0.676 bits per heavy atom. The van der Waals surface area contributed by atoms with E-state index in [1.165, 1.54) is 100 Å². The summed E-state index contributed by atoms with van der Waals surface area (Å²) in [4.78, 5) is 2.48. The maximum Gasteiger partial charge on any atom is 0.135 e. The number of benzene rings is 10. The van der Waals surface area contributed by atoms with Gasteiger partial charge in [-0.05, 0) is 173 Å². The Morgan fingerprint density at radius 3 is 1.32 bits per heavy atom. The predicted molar refractivity (Wildman–Crippen MR) is 297 cm³/mol. The van der Waals surface area contributed by atoms with E-state index in [9.17, 15) is 0 Å². The number of anilines is 3. The van der Waals surface area contributed by atoms with Crippen LogP contribution in [0, 0.1) is 0 Å². The van der Waals surface area contributed by atoms with Crippen LogP contribution in [0.4, 0.5) is 17.1 Å². The number of para-hydroxylation sites is 1. The van der Waals surface area contributed by atoms with Crippen molar-refractivity contribution >= 4 is 39.0 Å². The van der Waals surface area contributed by atoms with Crippen molar-refractivity contribution in [2.75, 3.05) is 4.90 Å². The summed E-state index contributed by atoms with van der Waals surface area (Å²) in [7, 11) is 0. The summed E-state index contributed by atoms with van der Waals surface area (Å²) in [6.07, 6.45) is 0. The molecule has 14 rings (SSSR count). The Bertz CT molecular complexity index is 4000. The predicted octanol–water partition coefficient (Wildman–Crippen LogP) is 19.0. The fraction of sp³-hybridized carbons (Fsp3) is 0.130. The van der Waals surface area contributed by atoms with Crippen molar-refractivity contribution in [3.05, 3.63) is 246 Å². The largest absolute Gasteiger partial charge is 0.456 e. The quantitative estimate of drug-likeness (QED) is 0.165. The number of hydrogen-bond acceptors (Lipinski definition) is 2. The molecule has 10 aromatic carbocycles. The first-order valence-corrected chi connectivity index (χ1v) is 25.1. The summed E-state index contributed by atoms with van der Waals surface area (Å²) in [6.45, 7) is 14.4. The molecule has 11 aromatic rings. The summed E-state index contributed by atoms with van der Waals surface area (Å²) in [5.74, 6) is 0. The fourth-order valence-electron chi connectivity index (χ4n) is 12.7. The molecule has 0 saturated heterocycles. The maximum absolute atomic E-state index is 6.19. The van der Waals surface area contributed by atoms with Gasteiger partial charge in [0.1, 0.15) is 11.2 Å². The first kappa shape index (κ1) is 41.7. The Balaban J connectivity index is 0.846. The minimum Gasteiger partial charge on any atom is -0.456 e. The van der Waals surface area contributed by atoms with E-state index in [1.54, 1.807) is 0 Å². The molecule has 2 heteroatoms. The monoisotopic (exact) mass is 911 g/mol. The Morgan fingerprint density at radius 1 is 0.268 bits per heavy atom. The van der Waals surface area contributed by atoms with Crippen molar-refractivity contribution < 1.29 is 4.42 Å². The second kappa shape index (κ2) is 14.9. The molecule has 0 amide bonds. The van der Waals surface area contributed by atoms with Gasteiger partial charge in [0.15, 0.2) is 0 Å². The maximum atomic E-state index is 6.19.